The van der Waals surface area contributed by atoms with Gasteiger partial charge in [0, 0.05) is 6.61 Å². The highest BCUT2D eigenvalue weighted by Crippen LogP contribution is 2.15. The lowest BCUT2D eigenvalue weighted by atomic mass is 10.1. The molecule has 5 nitrogen and oxygen atoms in total. The number of Topliss-reactive ketones (excluding diaryl/α,β-unsaturated/α-hetero) is 3. The smallest absolute Gasteiger partial charge is 0.269 e. The molecular weight excluding hydrogens is 308 g/mol. The fraction of sp³-hybridized carbons (Fsp3) is 0.842. The molecule has 0 heterocycles. The summed E-state index contributed by atoms with van der Waals surface area (Å²) in [6.07, 6.45) is 11.8. The molecule has 0 aromatic rings. The number of carbonyl (C=O) groups is 3. The van der Waals surface area contributed by atoms with Crippen molar-refractivity contribution < 1.29 is 24.2 Å². The van der Waals surface area contributed by atoms with Crippen LogP contribution in [0.25, 0.3) is 0 Å². The van der Waals surface area contributed by atoms with Crippen LogP contribution in [0.15, 0.2) is 0 Å². The van der Waals surface area contributed by atoms with E-state index in [1.165, 1.54) is 57.8 Å². The van der Waals surface area contributed by atoms with E-state index in [0.29, 0.717) is 6.61 Å². The zero-order valence-corrected chi connectivity index (χ0v) is 14.9. The van der Waals surface area contributed by atoms with E-state index in [1.807, 2.05) is 0 Å². The minimum atomic E-state index is -1.61. The Morgan fingerprint density at radius 2 is 1.21 bits per heavy atom. The van der Waals surface area contributed by atoms with Crippen LogP contribution in [0.1, 0.15) is 84.0 Å². The minimum absolute atomic E-state index is 0.297. The molecule has 1 aliphatic rings. The van der Waals surface area contributed by atoms with Gasteiger partial charge in [-0.25, -0.2) is 0 Å². The van der Waals surface area contributed by atoms with Crippen LogP contribution in [0.4, 0.5) is 0 Å². The number of ketones is 3. The summed E-state index contributed by atoms with van der Waals surface area (Å²) >= 11 is 0. The summed E-state index contributed by atoms with van der Waals surface area (Å²) in [5, 5.41) is 9.47. The molecule has 0 saturated heterocycles. The number of rotatable bonds is 14. The van der Waals surface area contributed by atoms with Crippen LogP contribution in [0.3, 0.4) is 0 Å². The molecule has 5 heteroatoms. The molecule has 24 heavy (non-hydrogen) atoms. The Kier molecular flexibility index (Phi) is 10.8. The maximum absolute atomic E-state index is 11.4. The number of ether oxygens (including phenoxy) is 1. The first kappa shape index (κ1) is 21.0. The van der Waals surface area contributed by atoms with E-state index in [4.69, 9.17) is 4.74 Å². The molecule has 2 atom stereocenters. The van der Waals surface area contributed by atoms with Gasteiger partial charge in [-0.2, -0.15) is 0 Å². The van der Waals surface area contributed by atoms with Crippen molar-refractivity contribution in [1.82, 2.24) is 0 Å². The molecule has 0 radical (unpaired) electrons. The lowest BCUT2D eigenvalue weighted by Gasteiger charge is -2.12. The van der Waals surface area contributed by atoms with Gasteiger partial charge in [0.2, 0.25) is 11.6 Å². The van der Waals surface area contributed by atoms with Crippen molar-refractivity contribution in [2.24, 2.45) is 0 Å². The van der Waals surface area contributed by atoms with Crippen LogP contribution in [0, 0.1) is 0 Å². The summed E-state index contributed by atoms with van der Waals surface area (Å²) in [7, 11) is 0. The largest absolute Gasteiger partial charge is 0.382 e. The zero-order valence-electron chi connectivity index (χ0n) is 14.9. The van der Waals surface area contributed by atoms with Gasteiger partial charge in [-0.05, 0) is 6.42 Å². The fourth-order valence-corrected chi connectivity index (χ4v) is 2.99. The Labute approximate surface area is 145 Å². The lowest BCUT2D eigenvalue weighted by molar-refractivity contribution is -0.142. The second kappa shape index (κ2) is 12.3. The lowest BCUT2D eigenvalue weighted by Crippen LogP contribution is -2.32. The van der Waals surface area contributed by atoms with Crippen LogP contribution in [0.5, 0.6) is 0 Å². The van der Waals surface area contributed by atoms with Crippen molar-refractivity contribution in [2.45, 2.75) is 96.2 Å². The van der Waals surface area contributed by atoms with Gasteiger partial charge in [0.15, 0.2) is 12.2 Å². The van der Waals surface area contributed by atoms with Crippen molar-refractivity contribution in [3.05, 3.63) is 0 Å². The van der Waals surface area contributed by atoms with E-state index in [2.05, 4.69) is 6.92 Å². The van der Waals surface area contributed by atoms with Crippen LogP contribution in [-0.4, -0.2) is 41.3 Å². The van der Waals surface area contributed by atoms with Crippen molar-refractivity contribution in [2.75, 3.05) is 6.61 Å². The maximum Gasteiger partial charge on any atom is 0.269 e. The number of aliphatic hydroxyl groups excluding tert-OH is 1. The predicted molar refractivity (Wildman–Crippen MR) is 91.8 cm³/mol. The molecule has 1 rings (SSSR count). The summed E-state index contributed by atoms with van der Waals surface area (Å²) in [4.78, 5) is 33.7. The monoisotopic (exact) mass is 340 g/mol. The highest BCUT2D eigenvalue weighted by atomic mass is 16.5. The van der Waals surface area contributed by atoms with Crippen molar-refractivity contribution in [3.8, 4) is 0 Å². The first-order valence-corrected chi connectivity index (χ1v) is 9.51. The topological polar surface area (TPSA) is 80.7 Å². The Bertz CT molecular complexity index is 405. The highest BCUT2D eigenvalue weighted by molar-refractivity contribution is 6.69. The third kappa shape index (κ3) is 7.22. The molecule has 138 valence electrons. The molecule has 2 unspecified atom stereocenters. The third-order valence-corrected chi connectivity index (χ3v) is 4.56. The third-order valence-electron chi connectivity index (χ3n) is 4.56. The van der Waals surface area contributed by atoms with Gasteiger partial charge in [-0.15, -0.1) is 0 Å². The van der Waals surface area contributed by atoms with E-state index >= 15 is 0 Å². The first-order chi connectivity index (χ1) is 11.6. The van der Waals surface area contributed by atoms with Gasteiger partial charge in [-0.3, -0.25) is 14.4 Å². The molecule has 0 spiro atoms. The number of unbranched alkanes of at least 4 members (excludes halogenated alkanes) is 11. The quantitative estimate of drug-likeness (QED) is 0.388. The van der Waals surface area contributed by atoms with Gasteiger partial charge in [-0.1, -0.05) is 77.6 Å². The molecule has 1 fully saturated rings. The molecule has 0 aromatic carbocycles. The highest BCUT2D eigenvalue weighted by Gasteiger charge is 2.48. The van der Waals surface area contributed by atoms with E-state index < -0.39 is 29.6 Å². The van der Waals surface area contributed by atoms with Crippen molar-refractivity contribution in [3.63, 3.8) is 0 Å². The van der Waals surface area contributed by atoms with Crippen LogP contribution in [-0.2, 0) is 19.1 Å². The number of hydrogen-bond donors (Lipinski definition) is 1. The molecule has 1 aliphatic carbocycles. The second-order valence-electron chi connectivity index (χ2n) is 6.68. The number of aliphatic hydroxyl groups is 1. The predicted octanol–water partition coefficient (Wildman–Crippen LogP) is 3.15. The summed E-state index contributed by atoms with van der Waals surface area (Å²) in [5.74, 6) is -3.09. The Hall–Kier alpha value is -1.07. The SMILES string of the molecule is CCCCCCCCCCCCCCOC1C(=O)C(=O)C(=O)C1O. The average Bonchev–Trinajstić information content (AvgIpc) is 2.76. The van der Waals surface area contributed by atoms with Crippen LogP contribution in [0.2, 0.25) is 0 Å². The first-order valence-electron chi connectivity index (χ1n) is 9.51. The number of hydrogen-bond acceptors (Lipinski definition) is 5. The summed E-state index contributed by atoms with van der Waals surface area (Å²) < 4.78 is 5.22. The maximum atomic E-state index is 11.4. The Morgan fingerprint density at radius 1 is 0.750 bits per heavy atom. The summed E-state index contributed by atoms with van der Waals surface area (Å²) in [5.41, 5.74) is 0. The molecule has 0 bridgehead atoms. The summed E-state index contributed by atoms with van der Waals surface area (Å²) in [6.45, 7) is 2.53. The van der Waals surface area contributed by atoms with E-state index in [9.17, 15) is 19.5 Å². The Morgan fingerprint density at radius 3 is 1.62 bits per heavy atom. The van der Waals surface area contributed by atoms with Crippen molar-refractivity contribution >= 4 is 17.3 Å². The van der Waals surface area contributed by atoms with E-state index in [0.717, 1.165) is 19.3 Å². The molecule has 0 amide bonds. The molecule has 0 aliphatic heterocycles. The molecule has 1 saturated carbocycles. The zero-order chi connectivity index (χ0) is 17.8. The van der Waals surface area contributed by atoms with Gasteiger partial charge in [0.25, 0.3) is 5.78 Å². The van der Waals surface area contributed by atoms with E-state index in [1.54, 1.807) is 0 Å². The van der Waals surface area contributed by atoms with Gasteiger partial charge < -0.3 is 9.84 Å². The van der Waals surface area contributed by atoms with E-state index in [-0.39, 0.29) is 0 Å². The molecular formula is C19H32O5. The standard InChI is InChI=1S/C19H32O5/c1-2-3-4-5-6-7-8-9-10-11-12-13-14-24-19-17(22)15(20)16(21)18(19)23/h17,19,22H,2-14H2,1H3. The Balaban J connectivity index is 1.90. The van der Waals surface area contributed by atoms with Gasteiger partial charge in [0.05, 0.1) is 0 Å². The second-order valence-corrected chi connectivity index (χ2v) is 6.68. The van der Waals surface area contributed by atoms with Crippen LogP contribution < -0.4 is 0 Å². The molecule has 0 aromatic heterocycles. The average molecular weight is 340 g/mol. The van der Waals surface area contributed by atoms with Gasteiger partial charge >= 0.3 is 0 Å². The van der Waals surface area contributed by atoms with Crippen molar-refractivity contribution in [1.29, 1.82) is 0 Å². The summed E-state index contributed by atoms with van der Waals surface area (Å²) in [6, 6.07) is 0. The minimum Gasteiger partial charge on any atom is -0.382 e. The fourth-order valence-electron chi connectivity index (χ4n) is 2.99. The number of carbonyl (C=O) groups excluding carboxylic acids is 3. The van der Waals surface area contributed by atoms with Gasteiger partial charge in [0.1, 0.15) is 0 Å². The van der Waals surface area contributed by atoms with Crippen LogP contribution >= 0.6 is 0 Å². The molecule has 1 N–H and O–H groups in total. The normalized spacial score (nSPS) is 21.0.